The Morgan fingerprint density at radius 3 is 0.971 bits per heavy atom. The summed E-state index contributed by atoms with van der Waals surface area (Å²) in [6.45, 7) is 8.53. The maximum atomic E-state index is 5.34. The molecule has 0 radical (unpaired) electrons. The van der Waals surface area contributed by atoms with Gasteiger partial charge >= 0.3 is 0 Å². The number of benzene rings is 4. The lowest BCUT2D eigenvalue weighted by atomic mass is 9.96. The highest BCUT2D eigenvalue weighted by atomic mass is 14.9. The zero-order chi connectivity index (χ0) is 23.7. The largest absolute Gasteiger partial charge is 0.243 e. The second kappa shape index (κ2) is 9.07. The van der Waals surface area contributed by atoms with Crippen molar-refractivity contribution in [2.45, 2.75) is 27.7 Å². The van der Waals surface area contributed by atoms with Gasteiger partial charge < -0.3 is 0 Å². The van der Waals surface area contributed by atoms with Gasteiger partial charge in [0.15, 0.2) is 0 Å². The molecule has 0 saturated heterocycles. The summed E-state index contributed by atoms with van der Waals surface area (Å²) in [6, 6.07) is 34.0. The first-order valence-electron chi connectivity index (χ1n) is 11.7. The van der Waals surface area contributed by atoms with Crippen molar-refractivity contribution < 1.29 is 0 Å². The zero-order valence-corrected chi connectivity index (χ0v) is 20.1. The van der Waals surface area contributed by atoms with Gasteiger partial charge in [-0.15, -0.1) is 0 Å². The number of hydrogen-bond donors (Lipinski definition) is 0. The minimum Gasteiger partial charge on any atom is -0.243 e. The van der Waals surface area contributed by atoms with Gasteiger partial charge in [-0.1, -0.05) is 95.1 Å². The third kappa shape index (κ3) is 4.40. The minimum atomic E-state index is 0.902. The van der Waals surface area contributed by atoms with E-state index >= 15 is 0 Å². The normalized spacial score (nSPS) is 10.9. The molecule has 5 aromatic rings. The summed E-state index contributed by atoms with van der Waals surface area (Å²) < 4.78 is 0. The first kappa shape index (κ1) is 21.8. The Bertz CT molecular complexity index is 1310. The van der Waals surface area contributed by atoms with Crippen LogP contribution in [0.25, 0.3) is 45.0 Å². The van der Waals surface area contributed by atoms with Crippen molar-refractivity contribution in [1.29, 1.82) is 0 Å². The molecule has 5 rings (SSSR count). The molecular formula is C32H28N2. The highest BCUT2D eigenvalue weighted by molar-refractivity contribution is 5.86. The summed E-state index contributed by atoms with van der Waals surface area (Å²) in [5.41, 5.74) is 12.8. The SMILES string of the molecule is Cc1cc(C)cc(-c2nc(-c3ccccc3)c(-c3cc(C)cc(C)c3)nc2-c2ccccc2)c1. The first-order valence-corrected chi connectivity index (χ1v) is 11.7. The number of hydrogen-bond acceptors (Lipinski definition) is 2. The van der Waals surface area contributed by atoms with Crippen molar-refractivity contribution in [2.75, 3.05) is 0 Å². The van der Waals surface area contributed by atoms with Crippen LogP contribution in [-0.4, -0.2) is 9.97 Å². The van der Waals surface area contributed by atoms with Crippen molar-refractivity contribution >= 4 is 0 Å². The first-order chi connectivity index (χ1) is 16.5. The zero-order valence-electron chi connectivity index (χ0n) is 20.1. The molecule has 0 atom stereocenters. The van der Waals surface area contributed by atoms with E-state index < -0.39 is 0 Å². The second-order valence-corrected chi connectivity index (χ2v) is 9.10. The molecule has 0 N–H and O–H groups in total. The molecule has 0 spiro atoms. The van der Waals surface area contributed by atoms with Gasteiger partial charge in [0, 0.05) is 22.3 Å². The predicted octanol–water partition coefficient (Wildman–Crippen LogP) is 8.38. The number of nitrogens with zero attached hydrogens (tertiary/aromatic N) is 2. The number of rotatable bonds is 4. The van der Waals surface area contributed by atoms with Gasteiger partial charge in [0.2, 0.25) is 0 Å². The van der Waals surface area contributed by atoms with Gasteiger partial charge in [0.05, 0.1) is 22.8 Å². The van der Waals surface area contributed by atoms with Crippen LogP contribution in [0.1, 0.15) is 22.3 Å². The van der Waals surface area contributed by atoms with Crippen LogP contribution < -0.4 is 0 Å². The molecule has 0 amide bonds. The molecular weight excluding hydrogens is 412 g/mol. The summed E-state index contributed by atoms with van der Waals surface area (Å²) in [5.74, 6) is 0. The van der Waals surface area contributed by atoms with E-state index in [1.54, 1.807) is 0 Å². The van der Waals surface area contributed by atoms with Crippen molar-refractivity contribution in [3.8, 4) is 45.0 Å². The summed E-state index contributed by atoms with van der Waals surface area (Å²) >= 11 is 0. The third-order valence-corrected chi connectivity index (χ3v) is 5.98. The van der Waals surface area contributed by atoms with Crippen molar-refractivity contribution in [2.24, 2.45) is 0 Å². The van der Waals surface area contributed by atoms with Crippen molar-refractivity contribution in [1.82, 2.24) is 9.97 Å². The van der Waals surface area contributed by atoms with E-state index in [4.69, 9.17) is 9.97 Å². The fourth-order valence-corrected chi connectivity index (χ4v) is 4.66. The molecule has 2 heteroatoms. The monoisotopic (exact) mass is 440 g/mol. The average Bonchev–Trinajstić information content (AvgIpc) is 2.83. The topological polar surface area (TPSA) is 25.8 Å². The maximum absolute atomic E-state index is 5.34. The van der Waals surface area contributed by atoms with Crippen LogP contribution in [0.2, 0.25) is 0 Å². The quantitative estimate of drug-likeness (QED) is 0.280. The smallest absolute Gasteiger partial charge is 0.0973 e. The van der Waals surface area contributed by atoms with Gasteiger partial charge in [-0.25, -0.2) is 9.97 Å². The highest BCUT2D eigenvalue weighted by Gasteiger charge is 2.20. The predicted molar refractivity (Wildman–Crippen MR) is 143 cm³/mol. The minimum absolute atomic E-state index is 0.902. The van der Waals surface area contributed by atoms with Crippen LogP contribution in [0.15, 0.2) is 97.1 Å². The summed E-state index contributed by atoms with van der Waals surface area (Å²) in [6.07, 6.45) is 0. The lowest BCUT2D eigenvalue weighted by Crippen LogP contribution is -2.01. The Morgan fingerprint density at radius 1 is 0.353 bits per heavy atom. The van der Waals surface area contributed by atoms with E-state index in [1.165, 1.54) is 22.3 Å². The fraction of sp³-hybridized carbons (Fsp3) is 0.125. The Balaban J connectivity index is 1.88. The second-order valence-electron chi connectivity index (χ2n) is 9.10. The van der Waals surface area contributed by atoms with E-state index in [9.17, 15) is 0 Å². The molecule has 0 aliphatic heterocycles. The molecule has 1 aromatic heterocycles. The molecule has 0 saturated carbocycles. The van der Waals surface area contributed by atoms with E-state index in [-0.39, 0.29) is 0 Å². The Kier molecular flexibility index (Phi) is 5.81. The summed E-state index contributed by atoms with van der Waals surface area (Å²) in [4.78, 5) is 10.7. The molecule has 0 aliphatic carbocycles. The molecule has 2 nitrogen and oxygen atoms in total. The standard InChI is InChI=1S/C32H28N2/c1-21-15-22(2)18-27(17-21)31-29(25-11-7-5-8-12-25)34-32(28-19-23(3)16-24(4)20-28)30(33-31)26-13-9-6-10-14-26/h5-20H,1-4H3. The van der Waals surface area contributed by atoms with Crippen LogP contribution in [0.4, 0.5) is 0 Å². The molecule has 1 heterocycles. The number of aryl methyl sites for hydroxylation is 4. The van der Waals surface area contributed by atoms with Gasteiger partial charge in [-0.2, -0.15) is 0 Å². The molecule has 0 unspecified atom stereocenters. The van der Waals surface area contributed by atoms with Crippen molar-refractivity contribution in [3.05, 3.63) is 119 Å². The van der Waals surface area contributed by atoms with Gasteiger partial charge in [0.1, 0.15) is 0 Å². The van der Waals surface area contributed by atoms with Crippen LogP contribution >= 0.6 is 0 Å². The summed E-state index contributed by atoms with van der Waals surface area (Å²) in [5, 5.41) is 0. The summed E-state index contributed by atoms with van der Waals surface area (Å²) in [7, 11) is 0. The Labute approximate surface area is 202 Å². The molecule has 166 valence electrons. The molecule has 4 aromatic carbocycles. The van der Waals surface area contributed by atoms with Crippen molar-refractivity contribution in [3.63, 3.8) is 0 Å². The van der Waals surface area contributed by atoms with Gasteiger partial charge in [0.25, 0.3) is 0 Å². The van der Waals surface area contributed by atoms with Crippen LogP contribution in [-0.2, 0) is 0 Å². The van der Waals surface area contributed by atoms with Crippen LogP contribution in [0.5, 0.6) is 0 Å². The van der Waals surface area contributed by atoms with E-state index in [2.05, 4.69) is 113 Å². The fourth-order valence-electron chi connectivity index (χ4n) is 4.66. The van der Waals surface area contributed by atoms with E-state index in [0.29, 0.717) is 0 Å². The van der Waals surface area contributed by atoms with E-state index in [1.807, 2.05) is 12.1 Å². The lowest BCUT2D eigenvalue weighted by molar-refractivity contribution is 1.21. The Hall–Kier alpha value is -4.04. The lowest BCUT2D eigenvalue weighted by Gasteiger charge is -2.17. The van der Waals surface area contributed by atoms with Crippen LogP contribution in [0, 0.1) is 27.7 Å². The molecule has 0 bridgehead atoms. The van der Waals surface area contributed by atoms with Crippen LogP contribution in [0.3, 0.4) is 0 Å². The molecule has 34 heavy (non-hydrogen) atoms. The Morgan fingerprint density at radius 2 is 0.647 bits per heavy atom. The average molecular weight is 441 g/mol. The maximum Gasteiger partial charge on any atom is 0.0973 e. The van der Waals surface area contributed by atoms with Gasteiger partial charge in [-0.05, 0) is 52.0 Å². The highest BCUT2D eigenvalue weighted by Crippen LogP contribution is 2.38. The van der Waals surface area contributed by atoms with Gasteiger partial charge in [-0.3, -0.25) is 0 Å². The molecule has 0 aliphatic rings. The third-order valence-electron chi connectivity index (χ3n) is 5.98. The molecule has 0 fully saturated rings. The number of aromatic nitrogens is 2. The van der Waals surface area contributed by atoms with E-state index in [0.717, 1.165) is 45.0 Å².